The Balaban J connectivity index is 3.27. The number of carboxylic acid groups (broad SMARTS) is 1. The van der Waals surface area contributed by atoms with E-state index in [1.54, 1.807) is 18.7 Å². The molecule has 0 aromatic heterocycles. The molecule has 0 spiro atoms. The molecule has 0 rings (SSSR count). The lowest BCUT2D eigenvalue weighted by molar-refractivity contribution is -0.140. The third-order valence-electron chi connectivity index (χ3n) is 0.994. The Bertz CT molecular complexity index is 93.1. The van der Waals surface area contributed by atoms with Crippen molar-refractivity contribution in [3.8, 4) is 0 Å². The maximum absolute atomic E-state index is 10.2. The highest BCUT2D eigenvalue weighted by atomic mass is 32.2. The molecule has 0 fully saturated rings. The normalized spacial score (nSPS) is 13.1. The van der Waals surface area contributed by atoms with Crippen molar-refractivity contribution in [2.24, 2.45) is 5.92 Å². The van der Waals surface area contributed by atoms with Gasteiger partial charge in [-0.1, -0.05) is 13.8 Å². The van der Waals surface area contributed by atoms with Crippen molar-refractivity contribution in [3.05, 3.63) is 0 Å². The van der Waals surface area contributed by atoms with E-state index in [0.717, 1.165) is 11.5 Å². The summed E-state index contributed by atoms with van der Waals surface area (Å²) in [6.45, 7) is 3.75. The molecule has 1 N–H and O–H groups in total. The molecule has 0 saturated heterocycles. The van der Waals surface area contributed by atoms with E-state index >= 15 is 0 Å². The van der Waals surface area contributed by atoms with Gasteiger partial charge in [-0.2, -0.15) is 11.8 Å². The maximum atomic E-state index is 10.2. The molecule has 2 nitrogen and oxygen atoms in total. The third-order valence-corrected chi connectivity index (χ3v) is 2.14. The first-order valence-electron chi connectivity index (χ1n) is 2.99. The van der Waals surface area contributed by atoms with E-state index in [2.05, 4.69) is 0 Å². The van der Waals surface area contributed by atoms with E-state index in [1.165, 1.54) is 0 Å². The Kier molecular flexibility index (Phi) is 4.58. The van der Waals surface area contributed by atoms with Crippen LogP contribution in [0.15, 0.2) is 0 Å². The van der Waals surface area contributed by atoms with E-state index in [1.807, 2.05) is 6.92 Å². The zero-order valence-corrected chi connectivity index (χ0v) is 6.57. The van der Waals surface area contributed by atoms with Crippen LogP contribution < -0.4 is 0 Å². The van der Waals surface area contributed by atoms with Gasteiger partial charge in [0.15, 0.2) is 0 Å². The van der Waals surface area contributed by atoms with Gasteiger partial charge in [0, 0.05) is 5.75 Å². The number of hydrogen-bond acceptors (Lipinski definition) is 2. The molecule has 1 atom stereocenters. The van der Waals surface area contributed by atoms with E-state index in [9.17, 15) is 4.79 Å². The predicted octanol–water partition coefficient (Wildman–Crippen LogP) is 1.46. The molecule has 0 amide bonds. The lowest BCUT2D eigenvalue weighted by atomic mass is 10.2. The van der Waals surface area contributed by atoms with Crippen molar-refractivity contribution >= 4 is 17.7 Å². The van der Waals surface area contributed by atoms with Crippen molar-refractivity contribution in [3.63, 3.8) is 0 Å². The lowest BCUT2D eigenvalue weighted by Gasteiger charge is -2.01. The summed E-state index contributed by atoms with van der Waals surface area (Å²) < 4.78 is 0. The summed E-state index contributed by atoms with van der Waals surface area (Å²) in [7, 11) is 0. The minimum absolute atomic E-state index is 0.199. The van der Waals surface area contributed by atoms with Crippen LogP contribution in [-0.2, 0) is 4.79 Å². The summed E-state index contributed by atoms with van der Waals surface area (Å²) in [5.74, 6) is 0.828. The molecule has 0 bridgehead atoms. The SMILES string of the molecule is CCSC[C@@H](C)C(=O)O. The minimum Gasteiger partial charge on any atom is -0.481 e. The van der Waals surface area contributed by atoms with Crippen molar-refractivity contribution in [2.45, 2.75) is 13.8 Å². The van der Waals surface area contributed by atoms with Crippen molar-refractivity contribution in [2.75, 3.05) is 11.5 Å². The van der Waals surface area contributed by atoms with Gasteiger partial charge in [0.05, 0.1) is 5.92 Å². The maximum Gasteiger partial charge on any atom is 0.307 e. The van der Waals surface area contributed by atoms with Crippen LogP contribution in [0.5, 0.6) is 0 Å². The highest BCUT2D eigenvalue weighted by Crippen LogP contribution is 2.06. The van der Waals surface area contributed by atoms with Gasteiger partial charge in [-0.15, -0.1) is 0 Å². The van der Waals surface area contributed by atoms with Crippen LogP contribution in [0.2, 0.25) is 0 Å². The number of thioether (sulfide) groups is 1. The number of rotatable bonds is 4. The van der Waals surface area contributed by atoms with Crippen LogP contribution >= 0.6 is 11.8 Å². The monoisotopic (exact) mass is 148 g/mol. The molecule has 0 unspecified atom stereocenters. The molecular weight excluding hydrogens is 136 g/mol. The second-order valence-corrected chi connectivity index (χ2v) is 3.22. The lowest BCUT2D eigenvalue weighted by Crippen LogP contribution is -2.11. The van der Waals surface area contributed by atoms with E-state index in [4.69, 9.17) is 5.11 Å². The minimum atomic E-state index is -0.698. The first-order valence-corrected chi connectivity index (χ1v) is 4.14. The predicted molar refractivity (Wildman–Crippen MR) is 39.8 cm³/mol. The van der Waals surface area contributed by atoms with E-state index in [0.29, 0.717) is 0 Å². The molecular formula is C6H12O2S. The molecule has 0 radical (unpaired) electrons. The van der Waals surface area contributed by atoms with Gasteiger partial charge in [0.2, 0.25) is 0 Å². The highest BCUT2D eigenvalue weighted by molar-refractivity contribution is 7.99. The Morgan fingerprint density at radius 2 is 2.33 bits per heavy atom. The molecule has 0 aromatic rings. The van der Waals surface area contributed by atoms with Gasteiger partial charge in [0.25, 0.3) is 0 Å². The highest BCUT2D eigenvalue weighted by Gasteiger charge is 2.08. The van der Waals surface area contributed by atoms with Gasteiger partial charge in [0.1, 0.15) is 0 Å². The Labute approximate surface area is 59.6 Å². The van der Waals surface area contributed by atoms with E-state index < -0.39 is 5.97 Å². The molecule has 0 saturated carbocycles. The molecule has 0 heterocycles. The van der Waals surface area contributed by atoms with Gasteiger partial charge < -0.3 is 5.11 Å². The molecule has 0 aliphatic rings. The summed E-state index contributed by atoms with van der Waals surface area (Å²) in [5, 5.41) is 8.40. The van der Waals surface area contributed by atoms with Crippen LogP contribution in [0.25, 0.3) is 0 Å². The largest absolute Gasteiger partial charge is 0.481 e. The summed E-state index contributed by atoms with van der Waals surface area (Å²) in [5.41, 5.74) is 0. The Morgan fingerprint density at radius 1 is 1.78 bits per heavy atom. The van der Waals surface area contributed by atoms with Gasteiger partial charge >= 0.3 is 5.97 Å². The molecule has 0 aliphatic carbocycles. The number of aliphatic carboxylic acids is 1. The van der Waals surface area contributed by atoms with E-state index in [-0.39, 0.29) is 5.92 Å². The average Bonchev–Trinajstić information content (AvgIpc) is 1.82. The van der Waals surface area contributed by atoms with Gasteiger partial charge in [-0.3, -0.25) is 4.79 Å². The van der Waals surface area contributed by atoms with Gasteiger partial charge in [-0.05, 0) is 5.75 Å². The molecule has 0 aromatic carbocycles. The van der Waals surface area contributed by atoms with Crippen LogP contribution in [0, 0.1) is 5.92 Å². The zero-order chi connectivity index (χ0) is 7.28. The molecule has 54 valence electrons. The summed E-state index contributed by atoms with van der Waals surface area (Å²) in [4.78, 5) is 10.2. The number of hydrogen-bond donors (Lipinski definition) is 1. The van der Waals surface area contributed by atoms with Crippen LogP contribution in [0.3, 0.4) is 0 Å². The fourth-order valence-corrected chi connectivity index (χ4v) is 1.10. The smallest absolute Gasteiger partial charge is 0.307 e. The standard InChI is InChI=1S/C6H12O2S/c1-3-9-4-5(2)6(7)8/h5H,3-4H2,1-2H3,(H,7,8)/t5-/m1/s1. The zero-order valence-electron chi connectivity index (χ0n) is 5.76. The average molecular weight is 148 g/mol. The van der Waals surface area contributed by atoms with Crippen molar-refractivity contribution in [1.82, 2.24) is 0 Å². The van der Waals surface area contributed by atoms with Crippen LogP contribution in [0.1, 0.15) is 13.8 Å². The first kappa shape index (κ1) is 8.82. The Morgan fingerprint density at radius 3 is 2.67 bits per heavy atom. The topological polar surface area (TPSA) is 37.3 Å². The first-order chi connectivity index (χ1) is 4.18. The van der Waals surface area contributed by atoms with Crippen molar-refractivity contribution < 1.29 is 9.90 Å². The molecule has 0 aliphatic heterocycles. The van der Waals surface area contributed by atoms with Crippen LogP contribution in [-0.4, -0.2) is 22.6 Å². The quantitative estimate of drug-likeness (QED) is 0.655. The molecule has 9 heavy (non-hydrogen) atoms. The Hall–Kier alpha value is -0.180. The van der Waals surface area contributed by atoms with Crippen LogP contribution in [0.4, 0.5) is 0 Å². The number of carbonyl (C=O) groups is 1. The summed E-state index contributed by atoms with van der Waals surface area (Å²) in [6, 6.07) is 0. The molecule has 3 heteroatoms. The van der Waals surface area contributed by atoms with Crippen molar-refractivity contribution in [1.29, 1.82) is 0 Å². The second-order valence-electron chi connectivity index (χ2n) is 1.90. The number of carboxylic acids is 1. The fourth-order valence-electron chi connectivity index (χ4n) is 0.366. The van der Waals surface area contributed by atoms with Gasteiger partial charge in [-0.25, -0.2) is 0 Å². The summed E-state index contributed by atoms with van der Waals surface area (Å²) >= 11 is 1.66. The second kappa shape index (κ2) is 4.68. The third kappa shape index (κ3) is 4.33. The summed E-state index contributed by atoms with van der Waals surface area (Å²) in [6.07, 6.45) is 0. The fraction of sp³-hybridized carbons (Fsp3) is 0.833.